The number of halogens is 1. The maximum absolute atomic E-state index is 13.7. The number of morpholine rings is 1. The molecule has 17 heavy (non-hydrogen) atoms. The van der Waals surface area contributed by atoms with Gasteiger partial charge in [-0.05, 0) is 26.0 Å². The molecule has 1 saturated heterocycles. The van der Waals surface area contributed by atoms with Gasteiger partial charge < -0.3 is 15.4 Å². The van der Waals surface area contributed by atoms with Gasteiger partial charge in [-0.2, -0.15) is 0 Å². The van der Waals surface area contributed by atoms with E-state index in [1.54, 1.807) is 12.1 Å². The Morgan fingerprint density at radius 3 is 2.82 bits per heavy atom. The van der Waals surface area contributed by atoms with Crippen LogP contribution in [0.4, 0.5) is 10.1 Å². The molecule has 2 N–H and O–H groups in total. The summed E-state index contributed by atoms with van der Waals surface area (Å²) in [6.07, 6.45) is -0.0432. The number of nitrogens with zero attached hydrogens (tertiary/aromatic N) is 1. The van der Waals surface area contributed by atoms with Gasteiger partial charge in [0.25, 0.3) is 0 Å². The predicted octanol–water partition coefficient (Wildman–Crippen LogP) is 1.77. The molecule has 4 heteroatoms. The second-order valence-electron chi connectivity index (χ2n) is 5.07. The molecule has 0 amide bonds. The number of rotatable bonds is 2. The molecule has 0 spiro atoms. The van der Waals surface area contributed by atoms with E-state index >= 15 is 0 Å². The third-order valence-corrected chi connectivity index (χ3v) is 2.94. The molecule has 1 unspecified atom stereocenters. The summed E-state index contributed by atoms with van der Waals surface area (Å²) < 4.78 is 19.6. The lowest BCUT2D eigenvalue weighted by Gasteiger charge is -2.43. The number of ether oxygens (including phenoxy) is 1. The van der Waals surface area contributed by atoms with Crippen LogP contribution in [-0.2, 0) is 4.74 Å². The average Bonchev–Trinajstić information content (AvgIpc) is 2.27. The third kappa shape index (κ3) is 2.76. The molecule has 1 atom stereocenters. The Kier molecular flexibility index (Phi) is 3.35. The largest absolute Gasteiger partial charge is 0.367 e. The molecule has 1 aliphatic rings. The smallest absolute Gasteiger partial charge is 0.146 e. The summed E-state index contributed by atoms with van der Waals surface area (Å²) in [4.78, 5) is 2.01. The molecule has 0 radical (unpaired) electrons. The van der Waals surface area contributed by atoms with Crippen molar-refractivity contribution < 1.29 is 9.13 Å². The fourth-order valence-electron chi connectivity index (χ4n) is 2.31. The van der Waals surface area contributed by atoms with E-state index in [9.17, 15) is 4.39 Å². The van der Waals surface area contributed by atoms with E-state index in [4.69, 9.17) is 10.5 Å². The summed E-state index contributed by atoms with van der Waals surface area (Å²) in [6, 6.07) is 6.82. The van der Waals surface area contributed by atoms with Crippen LogP contribution in [-0.4, -0.2) is 31.3 Å². The number of anilines is 1. The molecule has 1 aromatic carbocycles. The van der Waals surface area contributed by atoms with Gasteiger partial charge in [0, 0.05) is 19.6 Å². The highest BCUT2D eigenvalue weighted by atomic mass is 19.1. The quantitative estimate of drug-likeness (QED) is 0.853. The number of hydrogen-bond acceptors (Lipinski definition) is 3. The van der Waals surface area contributed by atoms with Crippen molar-refractivity contribution in [2.75, 3.05) is 24.5 Å². The van der Waals surface area contributed by atoms with Crippen LogP contribution in [0.5, 0.6) is 0 Å². The van der Waals surface area contributed by atoms with Crippen molar-refractivity contribution in [1.29, 1.82) is 0 Å². The molecular weight excluding hydrogens is 219 g/mol. The number of benzene rings is 1. The summed E-state index contributed by atoms with van der Waals surface area (Å²) in [5, 5.41) is 0. The Balaban J connectivity index is 2.24. The van der Waals surface area contributed by atoms with E-state index in [1.807, 2.05) is 24.8 Å². The van der Waals surface area contributed by atoms with Gasteiger partial charge >= 0.3 is 0 Å². The Hall–Kier alpha value is -1.13. The van der Waals surface area contributed by atoms with Crippen molar-refractivity contribution in [1.82, 2.24) is 0 Å². The van der Waals surface area contributed by atoms with E-state index in [1.165, 1.54) is 6.07 Å². The summed E-state index contributed by atoms with van der Waals surface area (Å²) in [5.74, 6) is -0.194. The van der Waals surface area contributed by atoms with Crippen LogP contribution in [0.3, 0.4) is 0 Å². The first-order valence-electron chi connectivity index (χ1n) is 5.89. The van der Waals surface area contributed by atoms with E-state index < -0.39 is 0 Å². The number of hydrogen-bond donors (Lipinski definition) is 1. The standard InChI is InChI=1S/C13H19FN2O/c1-13(2)9-16(8-10(7-15)17-13)12-6-4-3-5-11(12)14/h3-6,10H,7-9,15H2,1-2H3. The normalized spacial score (nSPS) is 23.8. The van der Waals surface area contributed by atoms with E-state index in [0.717, 1.165) is 0 Å². The zero-order chi connectivity index (χ0) is 12.5. The van der Waals surface area contributed by atoms with Crippen molar-refractivity contribution in [3.8, 4) is 0 Å². The van der Waals surface area contributed by atoms with Crippen molar-refractivity contribution in [2.24, 2.45) is 5.73 Å². The topological polar surface area (TPSA) is 38.5 Å². The number of para-hydroxylation sites is 1. The van der Waals surface area contributed by atoms with Gasteiger partial charge in [-0.3, -0.25) is 0 Å². The van der Waals surface area contributed by atoms with Crippen molar-refractivity contribution in [3.05, 3.63) is 30.1 Å². The monoisotopic (exact) mass is 238 g/mol. The van der Waals surface area contributed by atoms with E-state index in [-0.39, 0.29) is 17.5 Å². The second kappa shape index (κ2) is 4.63. The number of nitrogens with two attached hydrogens (primary N) is 1. The molecule has 0 aromatic heterocycles. The van der Waals surface area contributed by atoms with Crippen LogP contribution < -0.4 is 10.6 Å². The summed E-state index contributed by atoms with van der Waals surface area (Å²) in [7, 11) is 0. The van der Waals surface area contributed by atoms with Gasteiger partial charge in [-0.25, -0.2) is 4.39 Å². The van der Waals surface area contributed by atoms with E-state index in [0.29, 0.717) is 25.3 Å². The van der Waals surface area contributed by atoms with Crippen LogP contribution in [0.2, 0.25) is 0 Å². The molecule has 1 aromatic rings. The summed E-state index contributed by atoms with van der Waals surface area (Å²) >= 11 is 0. The molecule has 1 aliphatic heterocycles. The minimum Gasteiger partial charge on any atom is -0.367 e. The van der Waals surface area contributed by atoms with Gasteiger partial charge in [0.05, 0.1) is 17.4 Å². The zero-order valence-corrected chi connectivity index (χ0v) is 10.3. The first kappa shape index (κ1) is 12.3. The lowest BCUT2D eigenvalue weighted by molar-refractivity contribution is -0.0789. The van der Waals surface area contributed by atoms with Crippen molar-refractivity contribution in [2.45, 2.75) is 25.6 Å². The van der Waals surface area contributed by atoms with Crippen molar-refractivity contribution in [3.63, 3.8) is 0 Å². The minimum atomic E-state index is -0.301. The highest BCUT2D eigenvalue weighted by molar-refractivity contribution is 5.48. The molecule has 94 valence electrons. The average molecular weight is 238 g/mol. The minimum absolute atomic E-state index is 0.0432. The maximum atomic E-state index is 13.7. The molecule has 0 aliphatic carbocycles. The van der Waals surface area contributed by atoms with Crippen LogP contribution in [0.1, 0.15) is 13.8 Å². The maximum Gasteiger partial charge on any atom is 0.146 e. The lowest BCUT2D eigenvalue weighted by Crippen LogP contribution is -2.55. The van der Waals surface area contributed by atoms with Gasteiger partial charge in [-0.1, -0.05) is 12.1 Å². The molecule has 3 nitrogen and oxygen atoms in total. The Bertz CT molecular complexity index is 395. The molecular formula is C13H19FN2O. The van der Waals surface area contributed by atoms with Crippen LogP contribution in [0.25, 0.3) is 0 Å². The van der Waals surface area contributed by atoms with Crippen LogP contribution in [0, 0.1) is 5.82 Å². The summed E-state index contributed by atoms with van der Waals surface area (Å²) in [5.41, 5.74) is 5.98. The molecule has 1 fully saturated rings. The van der Waals surface area contributed by atoms with Crippen molar-refractivity contribution >= 4 is 5.69 Å². The molecule has 1 heterocycles. The first-order chi connectivity index (χ1) is 8.02. The fraction of sp³-hybridized carbons (Fsp3) is 0.538. The zero-order valence-electron chi connectivity index (χ0n) is 10.3. The van der Waals surface area contributed by atoms with E-state index in [2.05, 4.69) is 0 Å². The second-order valence-corrected chi connectivity index (χ2v) is 5.07. The van der Waals surface area contributed by atoms with Gasteiger partial charge in [0.1, 0.15) is 5.82 Å². The Labute approximate surface area is 101 Å². The Morgan fingerprint density at radius 1 is 1.47 bits per heavy atom. The van der Waals surface area contributed by atoms with Crippen LogP contribution >= 0.6 is 0 Å². The third-order valence-electron chi connectivity index (χ3n) is 2.94. The first-order valence-corrected chi connectivity index (χ1v) is 5.89. The van der Waals surface area contributed by atoms with Gasteiger partial charge in [-0.15, -0.1) is 0 Å². The lowest BCUT2D eigenvalue weighted by atomic mass is 10.0. The predicted molar refractivity (Wildman–Crippen MR) is 66.6 cm³/mol. The molecule has 2 rings (SSSR count). The molecule has 0 saturated carbocycles. The SMILES string of the molecule is CC1(C)CN(c2ccccc2F)CC(CN)O1. The molecule has 0 bridgehead atoms. The highest BCUT2D eigenvalue weighted by Gasteiger charge is 2.33. The van der Waals surface area contributed by atoms with Gasteiger partial charge in [0.15, 0.2) is 0 Å². The van der Waals surface area contributed by atoms with Gasteiger partial charge in [0.2, 0.25) is 0 Å². The van der Waals surface area contributed by atoms with Crippen LogP contribution in [0.15, 0.2) is 24.3 Å². The Morgan fingerprint density at radius 2 is 2.18 bits per heavy atom. The fourth-order valence-corrected chi connectivity index (χ4v) is 2.31. The summed E-state index contributed by atoms with van der Waals surface area (Å²) in [6.45, 7) is 5.77. The highest BCUT2D eigenvalue weighted by Crippen LogP contribution is 2.27.